The van der Waals surface area contributed by atoms with Crippen molar-refractivity contribution in [1.82, 2.24) is 5.32 Å². The van der Waals surface area contributed by atoms with E-state index >= 15 is 0 Å². The normalized spacial score (nSPS) is 14.5. The van der Waals surface area contributed by atoms with Crippen LogP contribution in [0.2, 0.25) is 0 Å². The molecule has 0 aliphatic heterocycles. The second-order valence-electron chi connectivity index (χ2n) is 14.3. The number of hydrogen-bond acceptors (Lipinski definition) is 5. The topological polar surface area (TPSA) is 110 Å². The zero-order chi connectivity index (χ0) is 35.3. The first-order chi connectivity index (χ1) is 23.5. The Morgan fingerprint density at radius 2 is 0.875 bits per heavy atom. The van der Waals surface area contributed by atoms with Crippen LogP contribution in [0.3, 0.4) is 0 Å². The molecule has 0 aliphatic carbocycles. The Morgan fingerprint density at radius 1 is 0.500 bits per heavy atom. The molecule has 6 nitrogen and oxygen atoms in total. The van der Waals surface area contributed by atoms with Crippen molar-refractivity contribution >= 4 is 5.91 Å². The maximum Gasteiger partial charge on any atom is 0.249 e. The maximum atomic E-state index is 12.5. The predicted octanol–water partition coefficient (Wildman–Crippen LogP) is 10.4. The van der Waals surface area contributed by atoms with Gasteiger partial charge in [0.15, 0.2) is 0 Å². The lowest BCUT2D eigenvalue weighted by Gasteiger charge is -2.27. The van der Waals surface area contributed by atoms with Gasteiger partial charge in [0.2, 0.25) is 5.91 Å². The van der Waals surface area contributed by atoms with Gasteiger partial charge in [-0.15, -0.1) is 0 Å². The summed E-state index contributed by atoms with van der Waals surface area (Å²) < 4.78 is 0. The number of unbranched alkanes of at least 4 members (excludes halogenated alkanes) is 24. The van der Waals surface area contributed by atoms with E-state index in [9.17, 15) is 25.2 Å². The fraction of sp³-hybridized carbons (Fsp3) is 0.881. The molecule has 0 heterocycles. The number of nitrogens with one attached hydrogen (secondary N) is 1. The zero-order valence-electron chi connectivity index (χ0n) is 31.7. The van der Waals surface area contributed by atoms with Gasteiger partial charge in [-0.1, -0.05) is 179 Å². The van der Waals surface area contributed by atoms with Gasteiger partial charge in [0.25, 0.3) is 0 Å². The molecule has 0 aromatic carbocycles. The molecule has 0 spiro atoms. The Morgan fingerprint density at radius 3 is 1.31 bits per heavy atom. The Balaban J connectivity index is 3.83. The van der Waals surface area contributed by atoms with Gasteiger partial charge in [-0.05, 0) is 51.4 Å². The summed E-state index contributed by atoms with van der Waals surface area (Å²) in [4.78, 5) is 12.5. The Labute approximate surface area is 297 Å². The van der Waals surface area contributed by atoms with Crippen LogP contribution < -0.4 is 5.32 Å². The highest BCUT2D eigenvalue weighted by Gasteiger charge is 2.28. The van der Waals surface area contributed by atoms with E-state index in [1.165, 1.54) is 135 Å². The van der Waals surface area contributed by atoms with Crippen LogP contribution in [0.15, 0.2) is 24.3 Å². The second kappa shape index (κ2) is 37.1. The molecule has 0 aromatic rings. The summed E-state index contributed by atoms with van der Waals surface area (Å²) in [6.07, 6.45) is 40.6. The third-order valence-electron chi connectivity index (χ3n) is 9.64. The van der Waals surface area contributed by atoms with Crippen LogP contribution in [0.4, 0.5) is 0 Å². The molecule has 0 fully saturated rings. The van der Waals surface area contributed by atoms with Crippen molar-refractivity contribution in [2.75, 3.05) is 6.61 Å². The Hall–Kier alpha value is -1.21. The summed E-state index contributed by atoms with van der Waals surface area (Å²) >= 11 is 0. The minimum Gasteiger partial charge on any atom is -0.394 e. The van der Waals surface area contributed by atoms with Gasteiger partial charge in [-0.3, -0.25) is 4.79 Å². The number of rotatable bonds is 37. The van der Waals surface area contributed by atoms with Crippen molar-refractivity contribution in [3.05, 3.63) is 24.3 Å². The zero-order valence-corrected chi connectivity index (χ0v) is 31.7. The molecule has 4 atom stereocenters. The quantitative estimate of drug-likeness (QED) is 0.0332. The van der Waals surface area contributed by atoms with E-state index in [2.05, 4.69) is 43.5 Å². The lowest BCUT2D eigenvalue weighted by Crippen LogP contribution is -2.53. The number of hydrogen-bond donors (Lipinski definition) is 5. The lowest BCUT2D eigenvalue weighted by atomic mass is 10.00. The van der Waals surface area contributed by atoms with Gasteiger partial charge >= 0.3 is 0 Å². The Bertz CT molecular complexity index is 727. The van der Waals surface area contributed by atoms with Crippen molar-refractivity contribution in [3.8, 4) is 0 Å². The maximum absolute atomic E-state index is 12.5. The summed E-state index contributed by atoms with van der Waals surface area (Å²) in [6.45, 7) is 4.02. The summed E-state index contributed by atoms with van der Waals surface area (Å²) in [5.41, 5.74) is 0. The van der Waals surface area contributed by atoms with E-state index in [1.807, 2.05) is 0 Å². The highest BCUT2D eigenvalue weighted by molar-refractivity contribution is 5.80. The van der Waals surface area contributed by atoms with E-state index < -0.39 is 36.9 Å². The highest BCUT2D eigenvalue weighted by Crippen LogP contribution is 2.15. The molecule has 0 radical (unpaired) electrons. The average Bonchev–Trinajstić information content (AvgIpc) is 3.09. The number of allylic oxidation sites excluding steroid dienone is 4. The molecule has 4 unspecified atom stereocenters. The van der Waals surface area contributed by atoms with Crippen LogP contribution in [0.25, 0.3) is 0 Å². The number of aliphatic hydroxyl groups excluding tert-OH is 4. The molecule has 5 N–H and O–H groups in total. The molecule has 0 rings (SSSR count). The van der Waals surface area contributed by atoms with Crippen molar-refractivity contribution in [1.29, 1.82) is 0 Å². The molecule has 284 valence electrons. The third kappa shape index (κ3) is 30.8. The van der Waals surface area contributed by atoms with Crippen LogP contribution in [-0.4, -0.2) is 57.3 Å². The largest absolute Gasteiger partial charge is 0.394 e. The van der Waals surface area contributed by atoms with Gasteiger partial charge in [-0.2, -0.15) is 0 Å². The lowest BCUT2D eigenvalue weighted by molar-refractivity contribution is -0.132. The molecular weight excluding hydrogens is 598 g/mol. The molecule has 48 heavy (non-hydrogen) atoms. The molecule has 6 heteroatoms. The monoisotopic (exact) mass is 680 g/mol. The van der Waals surface area contributed by atoms with E-state index in [1.54, 1.807) is 0 Å². The highest BCUT2D eigenvalue weighted by atomic mass is 16.3. The number of amides is 1. The van der Waals surface area contributed by atoms with Crippen LogP contribution in [0.1, 0.15) is 206 Å². The molecule has 0 aromatic heterocycles. The Kier molecular flexibility index (Phi) is 36.1. The SMILES string of the molecule is CCCCCCCCCCC/C=C/CC/C=C/CCCC(O)C(O)C(CO)NC(=O)C(O)CCCCCCCCCCCCCCCC. The standard InChI is InChI=1S/C42H81NO5/c1-3-5-7-9-11-13-15-17-19-20-21-22-24-25-27-29-31-33-35-39(45)41(47)38(37-44)43-42(48)40(46)36-34-32-30-28-26-23-18-16-14-12-10-8-6-4-2/h21-22,27,29,38-41,44-47H,3-20,23-26,28,30-37H2,1-2H3,(H,43,48)/b22-21+,29-27+. The van der Waals surface area contributed by atoms with Gasteiger partial charge in [-0.25, -0.2) is 0 Å². The van der Waals surface area contributed by atoms with E-state index in [-0.39, 0.29) is 0 Å². The predicted molar refractivity (Wildman–Crippen MR) is 205 cm³/mol. The number of carbonyl (C=O) groups is 1. The molecule has 0 saturated heterocycles. The number of aliphatic hydroxyl groups is 4. The minimum absolute atomic E-state index is 0.363. The van der Waals surface area contributed by atoms with Crippen molar-refractivity contribution < 1.29 is 25.2 Å². The fourth-order valence-corrected chi connectivity index (χ4v) is 6.30. The van der Waals surface area contributed by atoms with Crippen molar-refractivity contribution in [2.45, 2.75) is 231 Å². The van der Waals surface area contributed by atoms with Gasteiger partial charge < -0.3 is 25.7 Å². The summed E-state index contributed by atoms with van der Waals surface area (Å²) in [6, 6.07) is -1.00. The van der Waals surface area contributed by atoms with Gasteiger partial charge in [0, 0.05) is 0 Å². The van der Waals surface area contributed by atoms with Crippen LogP contribution >= 0.6 is 0 Å². The van der Waals surface area contributed by atoms with Gasteiger partial charge in [0.1, 0.15) is 12.2 Å². The average molecular weight is 680 g/mol. The molecule has 0 aliphatic rings. The molecule has 0 bridgehead atoms. The van der Waals surface area contributed by atoms with E-state index in [0.29, 0.717) is 19.3 Å². The van der Waals surface area contributed by atoms with E-state index in [0.717, 1.165) is 38.5 Å². The van der Waals surface area contributed by atoms with Crippen LogP contribution in [0, 0.1) is 0 Å². The van der Waals surface area contributed by atoms with Crippen LogP contribution in [0.5, 0.6) is 0 Å². The summed E-state index contributed by atoms with van der Waals surface area (Å²) in [7, 11) is 0. The van der Waals surface area contributed by atoms with Crippen LogP contribution in [-0.2, 0) is 4.79 Å². The second-order valence-corrected chi connectivity index (χ2v) is 14.3. The minimum atomic E-state index is -1.29. The first kappa shape index (κ1) is 46.8. The summed E-state index contributed by atoms with van der Waals surface area (Å²) in [5, 5.41) is 43.5. The van der Waals surface area contributed by atoms with E-state index in [4.69, 9.17) is 0 Å². The molecular formula is C42H81NO5. The summed E-state index contributed by atoms with van der Waals surface area (Å²) in [5.74, 6) is -0.597. The third-order valence-corrected chi connectivity index (χ3v) is 9.64. The molecule has 0 saturated carbocycles. The first-order valence-electron chi connectivity index (χ1n) is 20.7. The van der Waals surface area contributed by atoms with Crippen molar-refractivity contribution in [3.63, 3.8) is 0 Å². The fourth-order valence-electron chi connectivity index (χ4n) is 6.30. The first-order valence-corrected chi connectivity index (χ1v) is 20.7. The smallest absolute Gasteiger partial charge is 0.249 e. The van der Waals surface area contributed by atoms with Crippen molar-refractivity contribution in [2.24, 2.45) is 0 Å². The van der Waals surface area contributed by atoms with Gasteiger partial charge in [0.05, 0.1) is 18.8 Å². The molecule has 1 amide bonds. The number of carbonyl (C=O) groups excluding carboxylic acids is 1.